The summed E-state index contributed by atoms with van der Waals surface area (Å²) in [4.78, 5) is 22.1. The van der Waals surface area contributed by atoms with Gasteiger partial charge in [-0.05, 0) is 27.9 Å². The van der Waals surface area contributed by atoms with E-state index in [0.29, 0.717) is 6.07 Å². The minimum absolute atomic E-state index is 0.0600. The first-order chi connectivity index (χ1) is 8.79. The molecule has 0 saturated heterocycles. The van der Waals surface area contributed by atoms with Crippen LogP contribution in [0.3, 0.4) is 0 Å². The first-order valence-electron chi connectivity index (χ1n) is 5.45. The Hall–Kier alpha value is -1.50. The zero-order valence-electron chi connectivity index (χ0n) is 10.0. The second-order valence-corrected chi connectivity index (χ2v) is 5.05. The average Bonchev–Trinajstić information content (AvgIpc) is 2.21. The highest BCUT2D eigenvalue weighted by atomic mass is 79.9. The molecule has 1 unspecified atom stereocenters. The Morgan fingerprint density at radius 1 is 1.37 bits per heavy atom. The highest BCUT2D eigenvalue weighted by Gasteiger charge is 2.16. The van der Waals surface area contributed by atoms with Crippen LogP contribution in [0.1, 0.15) is 19.8 Å². The number of carbonyl (C=O) groups is 2. The molecule has 0 bridgehead atoms. The molecular formula is C12H12BrF2NO3. The highest BCUT2D eigenvalue weighted by molar-refractivity contribution is 9.10. The van der Waals surface area contributed by atoms with E-state index in [1.807, 2.05) is 0 Å². The van der Waals surface area contributed by atoms with Gasteiger partial charge in [0.25, 0.3) is 0 Å². The van der Waals surface area contributed by atoms with Crippen molar-refractivity contribution in [2.24, 2.45) is 5.92 Å². The van der Waals surface area contributed by atoms with Crippen LogP contribution in [0.2, 0.25) is 0 Å². The van der Waals surface area contributed by atoms with E-state index in [1.165, 1.54) is 0 Å². The van der Waals surface area contributed by atoms with Gasteiger partial charge < -0.3 is 10.4 Å². The van der Waals surface area contributed by atoms with Crippen LogP contribution in [-0.4, -0.2) is 17.0 Å². The molecule has 0 saturated carbocycles. The average molecular weight is 336 g/mol. The summed E-state index contributed by atoms with van der Waals surface area (Å²) in [6.07, 6.45) is -0.212. The molecule has 1 atom stereocenters. The number of carbonyl (C=O) groups excluding carboxylic acids is 1. The number of benzene rings is 1. The third-order valence-electron chi connectivity index (χ3n) is 2.33. The van der Waals surface area contributed by atoms with Gasteiger partial charge in [-0.15, -0.1) is 0 Å². The second-order valence-electron chi connectivity index (χ2n) is 4.20. The molecule has 4 nitrogen and oxygen atoms in total. The zero-order valence-corrected chi connectivity index (χ0v) is 11.6. The van der Waals surface area contributed by atoms with Gasteiger partial charge in [0.05, 0.1) is 5.69 Å². The number of hydrogen-bond acceptors (Lipinski definition) is 2. The van der Waals surface area contributed by atoms with Gasteiger partial charge in [0.2, 0.25) is 5.91 Å². The maximum absolute atomic E-state index is 13.4. The summed E-state index contributed by atoms with van der Waals surface area (Å²) in [5, 5.41) is 10.9. The van der Waals surface area contributed by atoms with Crippen molar-refractivity contribution in [2.45, 2.75) is 19.8 Å². The van der Waals surface area contributed by atoms with E-state index in [-0.39, 0.29) is 28.9 Å². The summed E-state index contributed by atoms with van der Waals surface area (Å²) < 4.78 is 26.4. The van der Waals surface area contributed by atoms with Crippen molar-refractivity contribution in [3.63, 3.8) is 0 Å². The maximum atomic E-state index is 13.4. The lowest BCUT2D eigenvalue weighted by Gasteiger charge is -2.11. The molecule has 1 rings (SSSR count). The zero-order chi connectivity index (χ0) is 14.6. The Balaban J connectivity index is 2.70. The lowest BCUT2D eigenvalue weighted by Crippen LogP contribution is -2.18. The van der Waals surface area contributed by atoms with Crippen LogP contribution in [0.5, 0.6) is 0 Å². The largest absolute Gasteiger partial charge is 0.481 e. The molecule has 104 valence electrons. The van der Waals surface area contributed by atoms with Gasteiger partial charge in [0.15, 0.2) is 5.82 Å². The predicted molar refractivity (Wildman–Crippen MR) is 68.7 cm³/mol. The molecule has 0 aromatic heterocycles. The minimum atomic E-state index is -1.01. The number of rotatable bonds is 5. The first kappa shape index (κ1) is 15.6. The van der Waals surface area contributed by atoms with Crippen molar-refractivity contribution in [1.82, 2.24) is 0 Å². The van der Waals surface area contributed by atoms with Crippen molar-refractivity contribution in [3.8, 4) is 0 Å². The topological polar surface area (TPSA) is 66.4 Å². The first-order valence-corrected chi connectivity index (χ1v) is 6.25. The van der Waals surface area contributed by atoms with Crippen molar-refractivity contribution < 1.29 is 23.5 Å². The normalized spacial score (nSPS) is 12.0. The summed E-state index contributed by atoms with van der Waals surface area (Å²) in [7, 11) is 0. The molecule has 0 aliphatic heterocycles. The number of carboxylic acid groups (broad SMARTS) is 1. The number of amides is 1. The van der Waals surface area contributed by atoms with E-state index in [0.717, 1.165) is 6.07 Å². The fourth-order valence-corrected chi connectivity index (χ4v) is 2.05. The van der Waals surface area contributed by atoms with E-state index in [1.54, 1.807) is 6.92 Å². The Morgan fingerprint density at radius 2 is 2.00 bits per heavy atom. The quantitative estimate of drug-likeness (QED) is 0.868. The third-order valence-corrected chi connectivity index (χ3v) is 2.95. The monoisotopic (exact) mass is 335 g/mol. The standard InChI is InChI=1S/C12H12BrF2NO3/c1-6(3-11(18)19)2-10(17)16-12-8(13)4-7(14)5-9(12)15/h4-6H,2-3H2,1H3,(H,16,17)(H,18,19). The molecule has 0 spiro atoms. The number of nitrogens with one attached hydrogen (secondary N) is 1. The van der Waals surface area contributed by atoms with Gasteiger partial charge in [-0.3, -0.25) is 9.59 Å². The highest BCUT2D eigenvalue weighted by Crippen LogP contribution is 2.27. The number of halogens is 3. The van der Waals surface area contributed by atoms with E-state index in [4.69, 9.17) is 5.11 Å². The van der Waals surface area contributed by atoms with E-state index < -0.39 is 23.5 Å². The van der Waals surface area contributed by atoms with Gasteiger partial charge in [0, 0.05) is 23.4 Å². The van der Waals surface area contributed by atoms with Gasteiger partial charge >= 0.3 is 5.97 Å². The molecular weight excluding hydrogens is 324 g/mol. The van der Waals surface area contributed by atoms with Gasteiger partial charge in [-0.25, -0.2) is 8.78 Å². The Labute approximate surface area is 116 Å². The van der Waals surface area contributed by atoms with Crippen LogP contribution in [-0.2, 0) is 9.59 Å². The fraction of sp³-hybridized carbons (Fsp3) is 0.333. The molecule has 7 heteroatoms. The van der Waals surface area contributed by atoms with Crippen LogP contribution < -0.4 is 5.32 Å². The van der Waals surface area contributed by atoms with Crippen molar-refractivity contribution in [1.29, 1.82) is 0 Å². The molecule has 19 heavy (non-hydrogen) atoms. The third kappa shape index (κ3) is 4.94. The van der Waals surface area contributed by atoms with Crippen LogP contribution >= 0.6 is 15.9 Å². The Kier molecular flexibility index (Phi) is 5.41. The van der Waals surface area contributed by atoms with E-state index >= 15 is 0 Å². The summed E-state index contributed by atoms with van der Waals surface area (Å²) in [6, 6.07) is 1.68. The van der Waals surface area contributed by atoms with Crippen LogP contribution in [0.4, 0.5) is 14.5 Å². The van der Waals surface area contributed by atoms with E-state index in [9.17, 15) is 18.4 Å². The Bertz CT molecular complexity index is 485. The Morgan fingerprint density at radius 3 is 2.53 bits per heavy atom. The minimum Gasteiger partial charge on any atom is -0.481 e. The smallest absolute Gasteiger partial charge is 0.303 e. The fourth-order valence-electron chi connectivity index (χ4n) is 1.54. The molecule has 0 fully saturated rings. The molecule has 0 aliphatic carbocycles. The maximum Gasteiger partial charge on any atom is 0.303 e. The van der Waals surface area contributed by atoms with Crippen LogP contribution in [0.15, 0.2) is 16.6 Å². The molecule has 0 heterocycles. The second kappa shape index (κ2) is 6.60. The van der Waals surface area contributed by atoms with Gasteiger partial charge in [-0.2, -0.15) is 0 Å². The van der Waals surface area contributed by atoms with Crippen molar-refractivity contribution in [2.75, 3.05) is 5.32 Å². The molecule has 0 aliphatic rings. The number of carboxylic acids is 1. The summed E-state index contributed by atoms with van der Waals surface area (Å²) in [5.74, 6) is -3.57. The SMILES string of the molecule is CC(CC(=O)O)CC(=O)Nc1c(F)cc(F)cc1Br. The number of anilines is 1. The molecule has 0 radical (unpaired) electrons. The molecule has 1 aromatic rings. The van der Waals surface area contributed by atoms with Crippen molar-refractivity contribution in [3.05, 3.63) is 28.2 Å². The molecule has 2 N–H and O–H groups in total. The van der Waals surface area contributed by atoms with Gasteiger partial charge in [0.1, 0.15) is 5.82 Å². The predicted octanol–water partition coefficient (Wildman–Crippen LogP) is 3.17. The summed E-state index contributed by atoms with van der Waals surface area (Å²) in [5.41, 5.74) is -0.158. The van der Waals surface area contributed by atoms with Crippen molar-refractivity contribution >= 4 is 33.5 Å². The number of aliphatic carboxylic acids is 1. The summed E-state index contributed by atoms with van der Waals surface area (Å²) >= 11 is 2.94. The van der Waals surface area contributed by atoms with E-state index in [2.05, 4.69) is 21.2 Å². The molecule has 1 aromatic carbocycles. The van der Waals surface area contributed by atoms with Gasteiger partial charge in [-0.1, -0.05) is 6.92 Å². The summed E-state index contributed by atoms with van der Waals surface area (Å²) in [6.45, 7) is 1.60. The molecule has 1 amide bonds. The lowest BCUT2D eigenvalue weighted by atomic mass is 10.0. The van der Waals surface area contributed by atoms with Crippen LogP contribution in [0, 0.1) is 17.6 Å². The number of hydrogen-bond donors (Lipinski definition) is 2. The van der Waals surface area contributed by atoms with Crippen LogP contribution in [0.25, 0.3) is 0 Å². The lowest BCUT2D eigenvalue weighted by molar-refractivity contribution is -0.138.